The highest BCUT2D eigenvalue weighted by molar-refractivity contribution is 7.99. The molecule has 2 N–H and O–H groups in total. The summed E-state index contributed by atoms with van der Waals surface area (Å²) >= 11 is 1.39. The Bertz CT molecular complexity index is 866. The quantitative estimate of drug-likeness (QED) is 0.0673. The van der Waals surface area contributed by atoms with Gasteiger partial charge >= 0.3 is 13.6 Å². The van der Waals surface area contributed by atoms with Crippen molar-refractivity contribution in [3.63, 3.8) is 0 Å². The molecule has 0 aromatic heterocycles. The van der Waals surface area contributed by atoms with Gasteiger partial charge in [0.15, 0.2) is 0 Å². The van der Waals surface area contributed by atoms with Gasteiger partial charge < -0.3 is 19.3 Å². The second-order valence-electron chi connectivity index (χ2n) is 11.6. The Hall–Kier alpha value is -0.850. The molecule has 0 amide bonds. The molecule has 0 aliphatic rings. The zero-order valence-electron chi connectivity index (χ0n) is 27.0. The number of aliphatic carboxylic acids is 1. The average Bonchev–Trinajstić information content (AvgIpc) is 2.98. The number of ether oxygens (including phenoxy) is 1. The summed E-state index contributed by atoms with van der Waals surface area (Å²) in [4.78, 5) is 23.1. The van der Waals surface area contributed by atoms with Gasteiger partial charge in [-0.05, 0) is 55.4 Å². The number of hydrogen-bond donors (Lipinski definition) is 2. The molecule has 1 aromatic carbocycles. The highest BCUT2D eigenvalue weighted by Gasteiger charge is 2.57. The highest BCUT2D eigenvalue weighted by atomic mass is 32.2. The molecule has 0 spiro atoms. The first-order valence-electron chi connectivity index (χ1n) is 16.8. The number of benzene rings is 1. The number of carbonyl (C=O) groups is 1. The lowest BCUT2D eigenvalue weighted by Crippen LogP contribution is -2.45. The van der Waals surface area contributed by atoms with Gasteiger partial charge in [0.2, 0.25) is 0 Å². The molecule has 0 radical (unpaired) electrons. The number of carboxylic acids is 1. The van der Waals surface area contributed by atoms with Crippen LogP contribution >= 0.6 is 19.4 Å². The molecule has 0 heterocycles. The van der Waals surface area contributed by atoms with Crippen LogP contribution in [0.2, 0.25) is 0 Å². The molecule has 42 heavy (non-hydrogen) atoms. The Kier molecular flexibility index (Phi) is 22.8. The van der Waals surface area contributed by atoms with E-state index >= 15 is 0 Å². The van der Waals surface area contributed by atoms with Crippen LogP contribution in [0.5, 0.6) is 0 Å². The second-order valence-corrected chi connectivity index (χ2v) is 14.7. The van der Waals surface area contributed by atoms with Crippen molar-refractivity contribution in [2.75, 3.05) is 24.7 Å². The van der Waals surface area contributed by atoms with E-state index in [4.69, 9.17) is 9.26 Å². The normalized spacial score (nSPS) is 14.5. The summed E-state index contributed by atoms with van der Waals surface area (Å²) in [6.45, 7) is 6.40. The molecule has 0 fully saturated rings. The number of rotatable bonds is 29. The maximum absolute atomic E-state index is 13.1. The van der Waals surface area contributed by atoms with Gasteiger partial charge in [0.05, 0.1) is 6.61 Å². The van der Waals surface area contributed by atoms with Gasteiger partial charge in [0, 0.05) is 12.4 Å². The smallest absolute Gasteiger partial charge is 0.372 e. The molecule has 0 aliphatic heterocycles. The van der Waals surface area contributed by atoms with E-state index in [0.717, 1.165) is 57.1 Å². The zero-order chi connectivity index (χ0) is 30.9. The molecule has 244 valence electrons. The molecule has 2 atom stereocenters. The lowest BCUT2D eigenvalue weighted by molar-refractivity contribution is -0.155. The van der Waals surface area contributed by atoms with E-state index in [2.05, 4.69) is 38.1 Å². The Balaban J connectivity index is 2.33. The summed E-state index contributed by atoms with van der Waals surface area (Å²) in [6.07, 6.45) is 21.0. The standard InChI is InChI=1S/C34H61O6PS/c1-4-7-8-9-10-14-17-20-27-39-34(33(35)36,41(37,38)40-26-5-2)30-42-28-21-18-15-12-11-13-16-19-23-32-25-22-24-31(6-3)29-32/h22,24-25,29H,4-21,23,26-28,30H2,1-3H3,(H,35,36)(H,37,38). The molecule has 2 unspecified atom stereocenters. The number of hydrogen-bond acceptors (Lipinski definition) is 5. The fourth-order valence-corrected chi connectivity index (χ4v) is 8.15. The van der Waals surface area contributed by atoms with Crippen LogP contribution in [-0.4, -0.2) is 46.0 Å². The fourth-order valence-electron chi connectivity index (χ4n) is 5.05. The third-order valence-corrected chi connectivity index (χ3v) is 11.1. The van der Waals surface area contributed by atoms with Crippen LogP contribution in [0.4, 0.5) is 0 Å². The maximum Gasteiger partial charge on any atom is 0.372 e. The molecular weight excluding hydrogens is 567 g/mol. The Labute approximate surface area is 261 Å². The maximum atomic E-state index is 13.1. The van der Waals surface area contributed by atoms with Crippen molar-refractivity contribution in [2.24, 2.45) is 0 Å². The first-order chi connectivity index (χ1) is 20.3. The predicted molar refractivity (Wildman–Crippen MR) is 179 cm³/mol. The lowest BCUT2D eigenvalue weighted by atomic mass is 10.0. The molecule has 8 heteroatoms. The van der Waals surface area contributed by atoms with Crippen LogP contribution in [0, 0.1) is 0 Å². The van der Waals surface area contributed by atoms with Gasteiger partial charge in [-0.15, -0.1) is 0 Å². The highest BCUT2D eigenvalue weighted by Crippen LogP contribution is 2.57. The van der Waals surface area contributed by atoms with Gasteiger partial charge in [-0.1, -0.05) is 129 Å². The van der Waals surface area contributed by atoms with E-state index in [0.29, 0.717) is 12.8 Å². The van der Waals surface area contributed by atoms with E-state index in [1.807, 2.05) is 6.92 Å². The minimum atomic E-state index is -4.53. The lowest BCUT2D eigenvalue weighted by Gasteiger charge is -2.32. The molecule has 1 rings (SSSR count). The average molecular weight is 629 g/mol. The van der Waals surface area contributed by atoms with Gasteiger partial charge in [-0.25, -0.2) is 4.79 Å². The largest absolute Gasteiger partial charge is 0.479 e. The van der Waals surface area contributed by atoms with Gasteiger partial charge in [0.1, 0.15) is 0 Å². The number of unbranched alkanes of at least 4 members (excludes halogenated alkanes) is 14. The van der Waals surface area contributed by atoms with Gasteiger partial charge in [-0.3, -0.25) is 4.57 Å². The molecule has 1 aromatic rings. The first kappa shape index (κ1) is 39.2. The molecular formula is C34H61O6PS. The number of aryl methyl sites for hydroxylation is 2. The van der Waals surface area contributed by atoms with Crippen molar-refractivity contribution in [2.45, 2.75) is 148 Å². The molecule has 0 aliphatic carbocycles. The van der Waals surface area contributed by atoms with E-state index in [1.54, 1.807) is 0 Å². The zero-order valence-corrected chi connectivity index (χ0v) is 28.7. The minimum absolute atomic E-state index is 0.0284. The third kappa shape index (κ3) is 16.3. The topological polar surface area (TPSA) is 93.1 Å². The molecule has 0 saturated heterocycles. The Morgan fingerprint density at radius 2 is 1.36 bits per heavy atom. The van der Waals surface area contributed by atoms with Crippen molar-refractivity contribution >= 4 is 25.3 Å². The van der Waals surface area contributed by atoms with E-state index in [1.165, 1.54) is 80.7 Å². The third-order valence-electron chi connectivity index (χ3n) is 7.80. The van der Waals surface area contributed by atoms with Crippen LogP contribution in [-0.2, 0) is 31.5 Å². The van der Waals surface area contributed by atoms with Crippen LogP contribution in [0.3, 0.4) is 0 Å². The van der Waals surface area contributed by atoms with Crippen molar-refractivity contribution < 1.29 is 28.6 Å². The molecule has 0 saturated carbocycles. The Morgan fingerprint density at radius 3 is 1.95 bits per heavy atom. The van der Waals surface area contributed by atoms with Crippen LogP contribution < -0.4 is 0 Å². The summed E-state index contributed by atoms with van der Waals surface area (Å²) in [7, 11) is -4.53. The monoisotopic (exact) mass is 628 g/mol. The predicted octanol–water partition coefficient (Wildman–Crippen LogP) is 10.2. The summed E-state index contributed by atoms with van der Waals surface area (Å²) in [6, 6.07) is 8.93. The summed E-state index contributed by atoms with van der Waals surface area (Å²) in [5.74, 6) is -0.756. The Morgan fingerprint density at radius 1 is 0.786 bits per heavy atom. The van der Waals surface area contributed by atoms with E-state index in [9.17, 15) is 19.4 Å². The van der Waals surface area contributed by atoms with E-state index < -0.39 is 18.9 Å². The number of carboxylic acid groups (broad SMARTS) is 1. The van der Waals surface area contributed by atoms with Crippen LogP contribution in [0.25, 0.3) is 0 Å². The van der Waals surface area contributed by atoms with E-state index in [-0.39, 0.29) is 19.0 Å². The van der Waals surface area contributed by atoms with Gasteiger partial charge in [0.25, 0.3) is 5.34 Å². The molecule has 0 bridgehead atoms. The van der Waals surface area contributed by atoms with Crippen LogP contribution in [0.15, 0.2) is 24.3 Å². The van der Waals surface area contributed by atoms with Crippen molar-refractivity contribution in [3.05, 3.63) is 35.4 Å². The minimum Gasteiger partial charge on any atom is -0.479 e. The SMILES string of the molecule is CCCCCCCCCCOC(CSCCCCCCCCCCc1cccc(CC)c1)(C(=O)O)P(=O)(O)OCCC. The van der Waals surface area contributed by atoms with Crippen molar-refractivity contribution in [1.29, 1.82) is 0 Å². The van der Waals surface area contributed by atoms with Gasteiger partial charge in [-0.2, -0.15) is 11.8 Å². The molecule has 6 nitrogen and oxygen atoms in total. The first-order valence-corrected chi connectivity index (χ1v) is 19.6. The summed E-state index contributed by atoms with van der Waals surface area (Å²) < 4.78 is 24.1. The fraction of sp³-hybridized carbons (Fsp3) is 0.794. The summed E-state index contributed by atoms with van der Waals surface area (Å²) in [5.41, 5.74) is 2.87. The summed E-state index contributed by atoms with van der Waals surface area (Å²) in [5, 5.41) is 7.86. The second kappa shape index (κ2) is 24.5. The van der Waals surface area contributed by atoms with Crippen molar-refractivity contribution in [3.8, 4) is 0 Å². The van der Waals surface area contributed by atoms with Crippen LogP contribution in [0.1, 0.15) is 141 Å². The number of thioether (sulfide) groups is 1. The van der Waals surface area contributed by atoms with Crippen molar-refractivity contribution in [1.82, 2.24) is 0 Å².